The van der Waals surface area contributed by atoms with Crippen molar-refractivity contribution in [2.75, 3.05) is 16.8 Å². The summed E-state index contributed by atoms with van der Waals surface area (Å²) in [5, 5.41) is 6.30. The molecule has 5 heteroatoms. The van der Waals surface area contributed by atoms with E-state index in [1.54, 1.807) is 17.5 Å². The monoisotopic (exact) mass is 216 g/mol. The number of hydrogen-bond donors (Lipinski definition) is 1. The van der Waals surface area contributed by atoms with Crippen molar-refractivity contribution in [2.45, 2.75) is 18.9 Å². The molecule has 0 saturated carbocycles. The molecule has 3 nitrogen and oxygen atoms in total. The normalized spacial score (nSPS) is 28.6. The van der Waals surface area contributed by atoms with E-state index >= 15 is 0 Å². The number of anilines is 1. The molecule has 0 amide bonds. The molecule has 1 saturated heterocycles. The average Bonchev–Trinajstić information content (AvgIpc) is 2.62. The average molecular weight is 216 g/mol. The Morgan fingerprint density at radius 2 is 2.31 bits per heavy atom. The van der Waals surface area contributed by atoms with Gasteiger partial charge in [0.1, 0.15) is 0 Å². The maximum atomic E-state index is 11.1. The van der Waals surface area contributed by atoms with Gasteiger partial charge in [-0.1, -0.05) is 0 Å². The zero-order valence-electron chi connectivity index (χ0n) is 7.23. The summed E-state index contributed by atoms with van der Waals surface area (Å²) >= 11 is 1.62. The predicted molar refractivity (Wildman–Crippen MR) is 56.6 cm³/mol. The van der Waals surface area contributed by atoms with Gasteiger partial charge in [0.05, 0.1) is 0 Å². The second-order valence-electron chi connectivity index (χ2n) is 3.10. The molecule has 0 unspecified atom stereocenters. The summed E-state index contributed by atoms with van der Waals surface area (Å²) in [5.41, 5.74) is 0. The molecule has 1 N–H and O–H groups in total. The largest absolute Gasteiger partial charge is 0.359 e. The van der Waals surface area contributed by atoms with Gasteiger partial charge in [0.25, 0.3) is 0 Å². The minimum absolute atomic E-state index is 0.476. The Bertz CT molecular complexity index is 276. The highest BCUT2D eigenvalue weighted by Crippen LogP contribution is 2.17. The Kier molecular flexibility index (Phi) is 2.95. The van der Waals surface area contributed by atoms with Crippen LogP contribution in [-0.4, -0.2) is 26.7 Å². The number of hydrogen-bond acceptors (Lipinski definition) is 4. The number of thiazole rings is 1. The van der Waals surface area contributed by atoms with Gasteiger partial charge in [0.2, 0.25) is 0 Å². The van der Waals surface area contributed by atoms with E-state index in [1.807, 2.05) is 5.38 Å². The molecule has 1 aliphatic heterocycles. The zero-order chi connectivity index (χ0) is 9.10. The smallest absolute Gasteiger partial charge is 0.182 e. The maximum Gasteiger partial charge on any atom is 0.182 e. The van der Waals surface area contributed by atoms with E-state index in [1.165, 1.54) is 0 Å². The topological polar surface area (TPSA) is 42.0 Å². The van der Waals surface area contributed by atoms with Crippen LogP contribution in [0, 0.1) is 0 Å². The van der Waals surface area contributed by atoms with E-state index in [0.717, 1.165) is 29.5 Å². The molecule has 2 heterocycles. The van der Waals surface area contributed by atoms with Crippen LogP contribution in [0.3, 0.4) is 0 Å². The SMILES string of the molecule is O=S1CCC(Nc2nccs2)CC1. The number of aromatic nitrogens is 1. The third-order valence-electron chi connectivity index (χ3n) is 2.15. The molecule has 1 aliphatic rings. The Morgan fingerprint density at radius 1 is 1.54 bits per heavy atom. The van der Waals surface area contributed by atoms with Crippen molar-refractivity contribution in [3.63, 3.8) is 0 Å². The molecule has 0 aliphatic carbocycles. The van der Waals surface area contributed by atoms with Crippen LogP contribution in [0.2, 0.25) is 0 Å². The number of nitrogens with zero attached hydrogens (tertiary/aromatic N) is 1. The first-order valence-corrected chi connectivity index (χ1v) is 6.72. The van der Waals surface area contributed by atoms with Crippen LogP contribution in [0.1, 0.15) is 12.8 Å². The third-order valence-corrected chi connectivity index (χ3v) is 4.23. The molecule has 2 rings (SSSR count). The Hall–Kier alpha value is -0.420. The second-order valence-corrected chi connectivity index (χ2v) is 5.69. The van der Waals surface area contributed by atoms with Gasteiger partial charge in [-0.3, -0.25) is 4.21 Å². The van der Waals surface area contributed by atoms with Crippen LogP contribution < -0.4 is 5.32 Å². The van der Waals surface area contributed by atoms with E-state index in [-0.39, 0.29) is 0 Å². The second kappa shape index (κ2) is 4.19. The van der Waals surface area contributed by atoms with Gasteiger partial charge in [-0.05, 0) is 12.8 Å². The first-order valence-electron chi connectivity index (χ1n) is 4.35. The molecule has 1 aromatic rings. The lowest BCUT2D eigenvalue weighted by Gasteiger charge is -2.21. The highest BCUT2D eigenvalue weighted by molar-refractivity contribution is 7.85. The number of rotatable bonds is 2. The first kappa shape index (κ1) is 9.15. The molecule has 0 atom stereocenters. The van der Waals surface area contributed by atoms with Crippen molar-refractivity contribution in [1.29, 1.82) is 0 Å². The molecule has 0 spiro atoms. The third kappa shape index (κ3) is 2.51. The summed E-state index contributed by atoms with van der Waals surface area (Å²) in [4.78, 5) is 4.16. The molecule has 0 bridgehead atoms. The molecule has 0 radical (unpaired) electrons. The van der Waals surface area contributed by atoms with Crippen LogP contribution in [0.4, 0.5) is 5.13 Å². The van der Waals surface area contributed by atoms with Crippen LogP contribution in [0.15, 0.2) is 11.6 Å². The standard InChI is InChI=1S/C8H12N2OS2/c11-13-5-1-7(2-6-13)10-8-9-3-4-12-8/h3-4,7H,1-2,5-6H2,(H,9,10). The van der Waals surface area contributed by atoms with Crippen molar-refractivity contribution < 1.29 is 4.21 Å². The summed E-state index contributed by atoms with van der Waals surface area (Å²) in [6.45, 7) is 0. The molecule has 13 heavy (non-hydrogen) atoms. The van der Waals surface area contributed by atoms with E-state index in [4.69, 9.17) is 0 Å². The summed E-state index contributed by atoms with van der Waals surface area (Å²) < 4.78 is 11.1. The molecule has 0 aromatic carbocycles. The minimum Gasteiger partial charge on any atom is -0.359 e. The Balaban J connectivity index is 1.86. The van der Waals surface area contributed by atoms with Gasteiger partial charge in [-0.2, -0.15) is 0 Å². The van der Waals surface area contributed by atoms with Crippen molar-refractivity contribution >= 4 is 27.3 Å². The summed E-state index contributed by atoms with van der Waals surface area (Å²) in [7, 11) is -0.566. The van der Waals surface area contributed by atoms with Crippen molar-refractivity contribution in [2.24, 2.45) is 0 Å². The van der Waals surface area contributed by atoms with Gasteiger partial charge in [0, 0.05) is 39.9 Å². The lowest BCUT2D eigenvalue weighted by Crippen LogP contribution is -2.29. The molecule has 1 aromatic heterocycles. The fourth-order valence-electron chi connectivity index (χ4n) is 1.41. The van der Waals surface area contributed by atoms with Crippen LogP contribution in [0.5, 0.6) is 0 Å². The minimum atomic E-state index is -0.566. The number of nitrogens with one attached hydrogen (secondary N) is 1. The predicted octanol–water partition coefficient (Wildman–Crippen LogP) is 1.47. The lowest BCUT2D eigenvalue weighted by atomic mass is 10.2. The van der Waals surface area contributed by atoms with Crippen molar-refractivity contribution in [3.05, 3.63) is 11.6 Å². The molecular formula is C8H12N2OS2. The summed E-state index contributed by atoms with van der Waals surface area (Å²) in [6, 6.07) is 0.476. The molecule has 72 valence electrons. The highest BCUT2D eigenvalue weighted by Gasteiger charge is 2.17. The van der Waals surface area contributed by atoms with Crippen molar-refractivity contribution in [1.82, 2.24) is 4.98 Å². The fourth-order valence-corrected chi connectivity index (χ4v) is 3.31. The van der Waals surface area contributed by atoms with Gasteiger partial charge < -0.3 is 5.32 Å². The molecular weight excluding hydrogens is 204 g/mol. The van der Waals surface area contributed by atoms with E-state index < -0.39 is 10.8 Å². The lowest BCUT2D eigenvalue weighted by molar-refractivity contribution is 0.624. The van der Waals surface area contributed by atoms with Gasteiger partial charge in [-0.15, -0.1) is 11.3 Å². The first-order chi connectivity index (χ1) is 6.34. The quantitative estimate of drug-likeness (QED) is 0.814. The van der Waals surface area contributed by atoms with Gasteiger partial charge in [-0.25, -0.2) is 4.98 Å². The highest BCUT2D eigenvalue weighted by atomic mass is 32.2. The van der Waals surface area contributed by atoms with Crippen molar-refractivity contribution in [3.8, 4) is 0 Å². The van der Waals surface area contributed by atoms with Gasteiger partial charge in [0.15, 0.2) is 5.13 Å². The van der Waals surface area contributed by atoms with Crippen LogP contribution in [-0.2, 0) is 10.8 Å². The maximum absolute atomic E-state index is 11.1. The Morgan fingerprint density at radius 3 is 2.92 bits per heavy atom. The van der Waals surface area contributed by atoms with Gasteiger partial charge >= 0.3 is 0 Å². The Labute approximate surface area is 84.0 Å². The summed E-state index contributed by atoms with van der Waals surface area (Å²) in [6.07, 6.45) is 3.81. The van der Waals surface area contributed by atoms with E-state index in [2.05, 4.69) is 10.3 Å². The van der Waals surface area contributed by atoms with E-state index in [0.29, 0.717) is 6.04 Å². The van der Waals surface area contributed by atoms with Crippen LogP contribution >= 0.6 is 11.3 Å². The van der Waals surface area contributed by atoms with Crippen LogP contribution in [0.25, 0.3) is 0 Å². The zero-order valence-corrected chi connectivity index (χ0v) is 8.87. The molecule has 1 fully saturated rings. The summed E-state index contributed by atoms with van der Waals surface area (Å²) in [5.74, 6) is 1.67. The van der Waals surface area contributed by atoms with E-state index in [9.17, 15) is 4.21 Å². The fraction of sp³-hybridized carbons (Fsp3) is 0.625.